The largest absolute Gasteiger partial charge is 0.466 e. The van der Waals surface area contributed by atoms with E-state index in [-0.39, 0.29) is 12.6 Å². The third-order valence-corrected chi connectivity index (χ3v) is 2.19. The average Bonchev–Trinajstić information content (AvgIpc) is 2.52. The summed E-state index contributed by atoms with van der Waals surface area (Å²) in [7, 11) is 1.33. The fourth-order valence-corrected chi connectivity index (χ4v) is 1.00. The van der Waals surface area contributed by atoms with Crippen molar-refractivity contribution in [3.63, 3.8) is 0 Å². The molecule has 0 aromatic rings. The molecule has 128 valence electrons. The fourth-order valence-electron chi connectivity index (χ4n) is 1.00. The minimum Gasteiger partial charge on any atom is -0.466 e. The minimum absolute atomic E-state index is 0.264. The fraction of sp³-hybridized carbons (Fsp3) is 0.625. The van der Waals surface area contributed by atoms with Gasteiger partial charge in [-0.3, -0.25) is 0 Å². The lowest BCUT2D eigenvalue weighted by Crippen LogP contribution is -2.11. The summed E-state index contributed by atoms with van der Waals surface area (Å²) >= 11 is 0. The maximum Gasteiger partial charge on any atom is 0.332 e. The number of ether oxygens (including phenoxy) is 4. The molecular weight excluding hydrogens is 288 g/mol. The van der Waals surface area contributed by atoms with Gasteiger partial charge in [0.1, 0.15) is 6.61 Å². The first-order valence-corrected chi connectivity index (χ1v) is 7.18. The van der Waals surface area contributed by atoms with Crippen LogP contribution in [0.25, 0.3) is 0 Å². The van der Waals surface area contributed by atoms with E-state index in [1.165, 1.54) is 7.11 Å². The lowest BCUT2D eigenvalue weighted by molar-refractivity contribution is -0.139. The molecule has 0 spiro atoms. The third-order valence-electron chi connectivity index (χ3n) is 2.19. The normalized spacial score (nSPS) is 9.23. The highest BCUT2D eigenvalue weighted by Gasteiger charge is 1.96. The van der Waals surface area contributed by atoms with Gasteiger partial charge >= 0.3 is 11.9 Å². The summed E-state index contributed by atoms with van der Waals surface area (Å²) in [5.74, 6) is -0.766. The molecule has 0 bridgehead atoms. The Morgan fingerprint density at radius 2 is 1.59 bits per heavy atom. The number of rotatable bonds is 11. The number of hydrogen-bond donors (Lipinski definition) is 0. The van der Waals surface area contributed by atoms with E-state index in [1.807, 2.05) is 0 Å². The molecule has 0 aromatic heterocycles. The monoisotopic (exact) mass is 316 g/mol. The van der Waals surface area contributed by atoms with Gasteiger partial charge in [-0.15, -0.1) is 0 Å². The van der Waals surface area contributed by atoms with Crippen LogP contribution in [0.2, 0.25) is 0 Å². The zero-order valence-corrected chi connectivity index (χ0v) is 13.9. The topological polar surface area (TPSA) is 71.1 Å². The third kappa shape index (κ3) is 18.3. The Morgan fingerprint density at radius 3 is 2.00 bits per heavy atom. The molecule has 0 aliphatic heterocycles. The van der Waals surface area contributed by atoms with E-state index in [0.29, 0.717) is 25.4 Å². The van der Waals surface area contributed by atoms with Crippen molar-refractivity contribution < 1.29 is 28.5 Å². The first kappa shape index (κ1) is 22.6. The second-order valence-electron chi connectivity index (χ2n) is 4.22. The van der Waals surface area contributed by atoms with Crippen molar-refractivity contribution in [2.24, 2.45) is 0 Å². The Balaban J connectivity index is 0. The lowest BCUT2D eigenvalue weighted by Gasteiger charge is -2.05. The van der Waals surface area contributed by atoms with Gasteiger partial charge in [-0.25, -0.2) is 9.59 Å². The van der Waals surface area contributed by atoms with Gasteiger partial charge in [-0.2, -0.15) is 0 Å². The number of unbranched alkanes of at least 4 members (excludes halogenated alkanes) is 1. The van der Waals surface area contributed by atoms with Crippen LogP contribution in [-0.4, -0.2) is 52.1 Å². The summed E-state index contributed by atoms with van der Waals surface area (Å²) in [6.45, 7) is 12.9. The van der Waals surface area contributed by atoms with E-state index < -0.39 is 5.97 Å². The van der Waals surface area contributed by atoms with Crippen molar-refractivity contribution in [1.29, 1.82) is 0 Å². The molecule has 0 unspecified atom stereocenters. The molecule has 0 rings (SSSR count). The highest BCUT2D eigenvalue weighted by Crippen LogP contribution is 1.88. The molecule has 0 N–H and O–H groups in total. The summed E-state index contributed by atoms with van der Waals surface area (Å²) in [6.07, 6.45) is 3.35. The summed E-state index contributed by atoms with van der Waals surface area (Å²) in [4.78, 5) is 20.8. The van der Waals surface area contributed by atoms with E-state index in [9.17, 15) is 9.59 Å². The van der Waals surface area contributed by atoms with Crippen LogP contribution in [0.5, 0.6) is 0 Å². The van der Waals surface area contributed by atoms with Gasteiger partial charge < -0.3 is 18.9 Å². The van der Waals surface area contributed by atoms with Crippen molar-refractivity contribution in [1.82, 2.24) is 0 Å². The summed E-state index contributed by atoms with van der Waals surface area (Å²) in [5, 5.41) is 0. The molecule has 6 nitrogen and oxygen atoms in total. The van der Waals surface area contributed by atoms with Crippen LogP contribution in [0.4, 0.5) is 0 Å². The quantitative estimate of drug-likeness (QED) is 0.331. The standard InChI is InChI=1S/C11H20O4.C5H8O2/c1-3-5-6-13-7-8-14-9-10-15-11(12)4-2;1-4(2)5(6)7-3/h4H,2-3,5-10H2,1H3;1H2,2-3H3. The van der Waals surface area contributed by atoms with E-state index in [0.717, 1.165) is 25.5 Å². The number of hydrogen-bond acceptors (Lipinski definition) is 6. The van der Waals surface area contributed by atoms with E-state index in [4.69, 9.17) is 14.2 Å². The van der Waals surface area contributed by atoms with Crippen molar-refractivity contribution in [3.8, 4) is 0 Å². The van der Waals surface area contributed by atoms with Crippen LogP contribution >= 0.6 is 0 Å². The molecule has 0 atom stereocenters. The Hall–Kier alpha value is -1.66. The van der Waals surface area contributed by atoms with Gasteiger partial charge in [0.15, 0.2) is 0 Å². The van der Waals surface area contributed by atoms with Gasteiger partial charge in [0.25, 0.3) is 0 Å². The van der Waals surface area contributed by atoms with Gasteiger partial charge in [0.2, 0.25) is 0 Å². The first-order chi connectivity index (χ1) is 10.5. The van der Waals surface area contributed by atoms with Crippen LogP contribution in [0.15, 0.2) is 24.8 Å². The smallest absolute Gasteiger partial charge is 0.332 e. The molecule has 0 heterocycles. The van der Waals surface area contributed by atoms with Gasteiger partial charge in [0, 0.05) is 18.3 Å². The van der Waals surface area contributed by atoms with Crippen LogP contribution in [0, 0.1) is 0 Å². The van der Waals surface area contributed by atoms with Crippen molar-refractivity contribution >= 4 is 11.9 Å². The van der Waals surface area contributed by atoms with Crippen LogP contribution in [0.1, 0.15) is 26.7 Å². The minimum atomic E-state index is -0.419. The molecule has 0 saturated heterocycles. The number of methoxy groups -OCH3 is 1. The molecule has 6 heteroatoms. The van der Waals surface area contributed by atoms with E-state index in [1.54, 1.807) is 6.92 Å². The zero-order valence-electron chi connectivity index (χ0n) is 13.9. The Kier molecular flexibility index (Phi) is 17.9. The number of carbonyl (C=O) groups excluding carboxylic acids is 2. The summed E-state index contributed by atoms with van der Waals surface area (Å²) in [6, 6.07) is 0. The SMILES string of the molecule is C=C(C)C(=O)OC.C=CC(=O)OCCOCCOCCCC. The molecule has 0 fully saturated rings. The second kappa shape index (κ2) is 17.4. The molecule has 0 aliphatic rings. The maximum atomic E-state index is 10.6. The molecule has 0 aromatic carbocycles. The summed E-state index contributed by atoms with van der Waals surface area (Å²) < 4.78 is 19.4. The zero-order chi connectivity index (χ0) is 17.2. The lowest BCUT2D eigenvalue weighted by atomic mass is 10.4. The molecule has 0 radical (unpaired) electrons. The Labute approximate surface area is 133 Å². The predicted octanol–water partition coefficient (Wildman–Crippen LogP) is 2.28. The van der Waals surface area contributed by atoms with Crippen LogP contribution in [-0.2, 0) is 28.5 Å². The maximum absolute atomic E-state index is 10.6. The Bertz CT molecular complexity index is 325. The second-order valence-corrected chi connectivity index (χ2v) is 4.22. The Morgan fingerprint density at radius 1 is 1.05 bits per heavy atom. The van der Waals surface area contributed by atoms with E-state index in [2.05, 4.69) is 24.8 Å². The molecule has 0 saturated carbocycles. The van der Waals surface area contributed by atoms with Crippen LogP contribution < -0.4 is 0 Å². The van der Waals surface area contributed by atoms with Gasteiger partial charge in [-0.05, 0) is 13.3 Å². The van der Waals surface area contributed by atoms with Crippen LogP contribution in [0.3, 0.4) is 0 Å². The van der Waals surface area contributed by atoms with Crippen molar-refractivity contribution in [3.05, 3.63) is 24.8 Å². The number of carbonyl (C=O) groups is 2. The summed E-state index contributed by atoms with van der Waals surface area (Å²) in [5.41, 5.74) is 0.433. The van der Waals surface area contributed by atoms with Gasteiger partial charge in [0.05, 0.1) is 26.9 Å². The van der Waals surface area contributed by atoms with Crippen molar-refractivity contribution in [2.75, 3.05) is 40.1 Å². The highest BCUT2D eigenvalue weighted by atomic mass is 16.6. The molecule has 22 heavy (non-hydrogen) atoms. The molecular formula is C16H28O6. The average molecular weight is 316 g/mol. The highest BCUT2D eigenvalue weighted by molar-refractivity contribution is 5.86. The van der Waals surface area contributed by atoms with E-state index >= 15 is 0 Å². The first-order valence-electron chi connectivity index (χ1n) is 7.18. The van der Waals surface area contributed by atoms with Crippen molar-refractivity contribution in [2.45, 2.75) is 26.7 Å². The predicted molar refractivity (Wildman–Crippen MR) is 84.5 cm³/mol. The number of esters is 2. The molecule has 0 amide bonds. The van der Waals surface area contributed by atoms with Gasteiger partial charge in [-0.1, -0.05) is 26.5 Å². The molecule has 0 aliphatic carbocycles.